The number of carbonyl (C=O) groups is 3. The Bertz CT molecular complexity index is 3040. The Labute approximate surface area is 491 Å². The molecule has 2 aromatic heterocycles. The number of nitriles is 1. The number of aromatic amines is 1. The maximum absolute atomic E-state index is 13.8. The van der Waals surface area contributed by atoms with Gasteiger partial charge in [-0.25, -0.2) is 9.65 Å². The Morgan fingerprint density at radius 1 is 0.767 bits per heavy atom. The molecule has 3 heterocycles. The van der Waals surface area contributed by atoms with Crippen molar-refractivity contribution in [3.8, 4) is 17.6 Å². The van der Waals surface area contributed by atoms with Crippen LogP contribution in [-0.2, 0) is 38.5 Å². The van der Waals surface area contributed by atoms with Crippen molar-refractivity contribution in [2.24, 2.45) is 0 Å². The van der Waals surface area contributed by atoms with Crippen LogP contribution in [0.4, 0.5) is 45.5 Å². The number of hydrogen-bond acceptors (Lipinski definition) is 15. The highest BCUT2D eigenvalue weighted by molar-refractivity contribution is 7.44. The number of amides is 3. The Morgan fingerprint density at radius 3 is 1.79 bits per heavy atom. The van der Waals surface area contributed by atoms with Gasteiger partial charge in [-0.15, -0.1) is 0 Å². The lowest BCUT2D eigenvalue weighted by Crippen LogP contribution is -2.44. The molecule has 1 aliphatic rings. The molecule has 1 saturated heterocycles. The van der Waals surface area contributed by atoms with Gasteiger partial charge in [0.05, 0.1) is 52.4 Å². The molecule has 1 fully saturated rings. The number of hydrogen-bond donors (Lipinski definition) is 3. The van der Waals surface area contributed by atoms with E-state index in [9.17, 15) is 64.0 Å². The summed E-state index contributed by atoms with van der Waals surface area (Å²) < 4.78 is 161. The van der Waals surface area contributed by atoms with E-state index < -0.39 is 114 Å². The minimum atomic E-state index is -5.40. The number of methoxy groups -OCH3 is 2. The quantitative estimate of drug-likeness (QED) is 0.0162. The normalized spacial score (nSPS) is 16.1. The first kappa shape index (κ1) is 68.0. The summed E-state index contributed by atoms with van der Waals surface area (Å²) in [6.45, 7) is 4.40. The fourth-order valence-electron chi connectivity index (χ4n) is 9.69. The van der Waals surface area contributed by atoms with Gasteiger partial charge in [0, 0.05) is 57.8 Å². The molecule has 0 bridgehead atoms. The second-order valence-electron chi connectivity index (χ2n) is 20.3. The predicted octanol–water partition coefficient (Wildman–Crippen LogP) is 9.53. The summed E-state index contributed by atoms with van der Waals surface area (Å²) in [5.41, 5.74) is 0.175. The number of carbonyl (C=O) groups excluding carboxylic acids is 3. The number of rotatable bonds is 31. The van der Waals surface area contributed by atoms with Crippen molar-refractivity contribution in [1.82, 2.24) is 39.3 Å². The van der Waals surface area contributed by atoms with Crippen molar-refractivity contribution in [1.29, 1.82) is 5.26 Å². The number of aromatic nitrogens is 4. The first-order valence-electron chi connectivity index (χ1n) is 27.4. The van der Waals surface area contributed by atoms with E-state index in [0.29, 0.717) is 16.4 Å². The number of nitrogens with one attached hydrogen (secondary N) is 3. The zero-order valence-corrected chi connectivity index (χ0v) is 48.8. The van der Waals surface area contributed by atoms with Gasteiger partial charge in [0.2, 0.25) is 5.95 Å². The molecule has 3 amide bonds. The van der Waals surface area contributed by atoms with Crippen molar-refractivity contribution in [3.63, 3.8) is 0 Å². The molecule has 0 spiro atoms. The van der Waals surface area contributed by atoms with E-state index in [1.807, 2.05) is 107 Å². The molecule has 3 N–H and O–H groups in total. The number of imidazole rings is 1. The second-order valence-corrected chi connectivity index (χ2v) is 21.7. The van der Waals surface area contributed by atoms with Gasteiger partial charge in [0.1, 0.15) is 29.4 Å². The van der Waals surface area contributed by atoms with E-state index in [1.165, 1.54) is 16.2 Å². The summed E-state index contributed by atoms with van der Waals surface area (Å²) in [4.78, 5) is 61.5. The zero-order chi connectivity index (χ0) is 63.0. The first-order valence-corrected chi connectivity index (χ1v) is 28.5. The van der Waals surface area contributed by atoms with Gasteiger partial charge in [-0.3, -0.25) is 28.7 Å². The number of ether oxygens (including phenoxy) is 4. The van der Waals surface area contributed by atoms with Crippen LogP contribution in [0.15, 0.2) is 90.0 Å². The van der Waals surface area contributed by atoms with Crippen LogP contribution in [0.1, 0.15) is 89.1 Å². The van der Waals surface area contributed by atoms with Gasteiger partial charge in [-0.1, -0.05) is 54.6 Å². The minimum absolute atomic E-state index is 0.0353. The average molecular weight is 1240 g/mol. The highest BCUT2D eigenvalue weighted by Crippen LogP contribution is 2.51. The van der Waals surface area contributed by atoms with Crippen LogP contribution in [0.25, 0.3) is 11.2 Å². The molecule has 86 heavy (non-hydrogen) atoms. The lowest BCUT2D eigenvalue weighted by atomic mass is 9.80. The summed E-state index contributed by atoms with van der Waals surface area (Å²) in [6.07, 6.45) is -18.4. The number of benzene rings is 3. The number of unbranched alkanes of at least 4 members (excludes halogenated alkanes) is 1. The lowest BCUT2D eigenvalue weighted by molar-refractivity contribution is -0.186. The van der Waals surface area contributed by atoms with Gasteiger partial charge in [0.25, 0.3) is 14.1 Å². The molecule has 3 aromatic carbocycles. The summed E-state index contributed by atoms with van der Waals surface area (Å²) in [6, 6.07) is 26.4. The SMILES string of the molecule is COc1ccc(C(OC[C@H]2O[C@@H](n3cnc4c(=O)[nH]c(NCCCN(CCCCN(CCCNC(=O)C(F)(F)F)C(=O)C(F)(F)F)C(=O)C(F)(F)F)nc43)C[C@@H]2OP(OCCC#N)N(C(C)C)C(C)C)(c2ccccc2)c2ccc(OC)cc2)cc1. The molecule has 0 aliphatic carbocycles. The third-order valence-corrected chi connectivity index (χ3v) is 15.8. The highest BCUT2D eigenvalue weighted by Gasteiger charge is 2.47. The number of halogens is 9. The Morgan fingerprint density at radius 2 is 1.29 bits per heavy atom. The second kappa shape index (κ2) is 30.5. The number of anilines is 1. The molecule has 30 heteroatoms. The molecule has 0 radical (unpaired) electrons. The highest BCUT2D eigenvalue weighted by atomic mass is 31.2. The molecule has 4 atom stereocenters. The molecule has 6 rings (SSSR count). The number of H-pyrrole nitrogens is 1. The fraction of sp³-hybridized carbons (Fsp3) is 0.518. The maximum atomic E-state index is 13.8. The summed E-state index contributed by atoms with van der Waals surface area (Å²) in [7, 11) is 1.26. The van der Waals surface area contributed by atoms with Crippen molar-refractivity contribution in [3.05, 3.63) is 112 Å². The first-order chi connectivity index (χ1) is 40.7. The van der Waals surface area contributed by atoms with Crippen molar-refractivity contribution in [2.75, 3.05) is 72.0 Å². The van der Waals surface area contributed by atoms with E-state index >= 15 is 0 Å². The summed E-state index contributed by atoms with van der Waals surface area (Å²) in [5, 5.41) is 13.8. The Kier molecular flexibility index (Phi) is 24.1. The topological polar surface area (TPSA) is 228 Å². The van der Waals surface area contributed by atoms with E-state index in [0.717, 1.165) is 16.7 Å². The Balaban J connectivity index is 1.24. The van der Waals surface area contributed by atoms with Crippen LogP contribution >= 0.6 is 8.53 Å². The van der Waals surface area contributed by atoms with Crippen LogP contribution in [-0.4, -0.2) is 161 Å². The molecule has 470 valence electrons. The molecule has 0 saturated carbocycles. The molecular weight excluding hydrogens is 1170 g/mol. The molecule has 1 aliphatic heterocycles. The van der Waals surface area contributed by atoms with Crippen molar-refractivity contribution < 1.29 is 81.9 Å². The Hall–Kier alpha value is -7.09. The minimum Gasteiger partial charge on any atom is -0.497 e. The zero-order valence-electron chi connectivity index (χ0n) is 47.9. The summed E-state index contributed by atoms with van der Waals surface area (Å²) in [5.74, 6) is -5.87. The van der Waals surface area contributed by atoms with Gasteiger partial charge < -0.3 is 48.4 Å². The van der Waals surface area contributed by atoms with E-state index in [1.54, 1.807) is 14.2 Å². The smallest absolute Gasteiger partial charge is 0.471 e. The van der Waals surface area contributed by atoms with Crippen molar-refractivity contribution >= 4 is 43.4 Å². The van der Waals surface area contributed by atoms with Crippen molar-refractivity contribution in [2.45, 2.75) is 121 Å². The molecular formula is C56H68F9N10O10P. The molecule has 1 unspecified atom stereocenters. The third-order valence-electron chi connectivity index (χ3n) is 13.7. The lowest BCUT2D eigenvalue weighted by Gasteiger charge is -2.39. The summed E-state index contributed by atoms with van der Waals surface area (Å²) >= 11 is 0. The fourth-order valence-corrected chi connectivity index (χ4v) is 11.4. The number of alkyl halides is 9. The monoisotopic (exact) mass is 1240 g/mol. The van der Waals surface area contributed by atoms with Crippen LogP contribution in [0.2, 0.25) is 0 Å². The van der Waals surface area contributed by atoms with E-state index in [4.69, 9.17) is 28.0 Å². The molecule has 20 nitrogen and oxygen atoms in total. The third kappa shape index (κ3) is 17.8. The van der Waals surface area contributed by atoms with Crippen LogP contribution in [0.5, 0.6) is 11.5 Å². The van der Waals surface area contributed by atoms with Crippen LogP contribution in [0, 0.1) is 11.3 Å². The molecule has 5 aromatic rings. The maximum Gasteiger partial charge on any atom is 0.471 e. The standard InChI is InChI=1S/C56H68F9N10O10P/c1-36(2)75(37(3)4)86(83-32-12-25-66)85-43-33-45(84-44(43)34-82-53(38-15-8-7-9-16-38,39-17-21-41(80-5)22-18-39)40-19-23-42(81-6)24-20-40)74-35-69-46-47(74)70-52(71-48(46)76)68-27-14-31-73(51(79)56(63,64)65)29-11-10-28-72(50(78)55(60,61)62)30-13-26-67-49(77)54(57,58)59/h7-9,15-24,35-37,43-45H,10-14,26-34H2,1-6H3,(H,67,77)(H2,68,70,71,76)/t43-,44+,45+,86?/m0/s1. The van der Waals surface area contributed by atoms with Gasteiger partial charge in [0.15, 0.2) is 11.2 Å². The predicted molar refractivity (Wildman–Crippen MR) is 296 cm³/mol. The average Bonchev–Trinajstić information content (AvgIpc) is 1.54. The van der Waals surface area contributed by atoms with E-state index in [2.05, 4.69) is 31.0 Å². The van der Waals surface area contributed by atoms with Gasteiger partial charge >= 0.3 is 36.3 Å². The van der Waals surface area contributed by atoms with E-state index in [-0.39, 0.29) is 86.0 Å². The van der Waals surface area contributed by atoms with Gasteiger partial charge in [-0.2, -0.15) is 49.8 Å². The largest absolute Gasteiger partial charge is 0.497 e. The number of nitrogens with zero attached hydrogens (tertiary/aromatic N) is 7. The number of fused-ring (bicyclic) bond motifs is 1. The van der Waals surface area contributed by atoms with Crippen LogP contribution < -0.4 is 25.7 Å². The van der Waals surface area contributed by atoms with Gasteiger partial charge in [-0.05, 0) is 94.3 Å². The van der Waals surface area contributed by atoms with Crippen LogP contribution in [0.3, 0.4) is 0 Å².